The molecule has 0 heterocycles. The minimum Gasteiger partial charge on any atom is -0.485 e. The average molecular weight is 366 g/mol. The Morgan fingerprint density at radius 3 is 2.38 bits per heavy atom. The van der Waals surface area contributed by atoms with Gasteiger partial charge in [-0.05, 0) is 42.8 Å². The second kappa shape index (κ2) is 8.71. The minimum atomic E-state index is -0.174. The molecule has 0 unspecified atom stereocenters. The number of rotatable bonds is 7. The lowest BCUT2D eigenvalue weighted by atomic mass is 10.1. The van der Waals surface area contributed by atoms with E-state index in [-0.39, 0.29) is 18.3 Å². The summed E-state index contributed by atoms with van der Waals surface area (Å²) in [6.07, 6.45) is 1.26. The zero-order valence-electron chi connectivity index (χ0n) is 13.1. The predicted octanol–water partition coefficient (Wildman–Crippen LogP) is 4.99. The van der Waals surface area contributed by atoms with E-state index in [1.54, 1.807) is 42.5 Å². The highest BCUT2D eigenvalue weighted by molar-refractivity contribution is 6.42. The summed E-state index contributed by atoms with van der Waals surface area (Å²) < 4.78 is 5.42. The van der Waals surface area contributed by atoms with Gasteiger partial charge in [0.15, 0.2) is 12.4 Å². The number of carbonyl (C=O) groups excluding carboxylic acids is 2. The molecule has 0 aliphatic carbocycles. The Balaban J connectivity index is 1.92. The maximum atomic E-state index is 12.1. The van der Waals surface area contributed by atoms with Crippen molar-refractivity contribution >= 4 is 40.6 Å². The highest BCUT2D eigenvalue weighted by Crippen LogP contribution is 2.26. The van der Waals surface area contributed by atoms with E-state index in [2.05, 4.69) is 5.32 Å². The second-order valence-electron chi connectivity index (χ2n) is 5.16. The van der Waals surface area contributed by atoms with E-state index in [0.29, 0.717) is 33.5 Å². The van der Waals surface area contributed by atoms with Crippen LogP contribution in [0.15, 0.2) is 42.5 Å². The van der Waals surface area contributed by atoms with Gasteiger partial charge in [-0.1, -0.05) is 30.1 Å². The smallest absolute Gasteiger partial charge is 0.224 e. The van der Waals surface area contributed by atoms with Gasteiger partial charge in [0.2, 0.25) is 5.91 Å². The maximum Gasteiger partial charge on any atom is 0.224 e. The fraction of sp³-hybridized carbons (Fsp3) is 0.222. The summed E-state index contributed by atoms with van der Waals surface area (Å²) in [7, 11) is 0. The first-order chi connectivity index (χ1) is 11.5. The quantitative estimate of drug-likeness (QED) is 0.702. The lowest BCUT2D eigenvalue weighted by Crippen LogP contribution is -2.13. The topological polar surface area (TPSA) is 55.4 Å². The van der Waals surface area contributed by atoms with E-state index in [0.717, 1.165) is 6.42 Å². The van der Waals surface area contributed by atoms with Gasteiger partial charge in [-0.3, -0.25) is 9.59 Å². The Bertz CT molecular complexity index is 730. The molecule has 0 bridgehead atoms. The van der Waals surface area contributed by atoms with Crippen LogP contribution in [0.25, 0.3) is 0 Å². The number of carbonyl (C=O) groups is 2. The third-order valence-corrected chi connectivity index (χ3v) is 3.97. The van der Waals surface area contributed by atoms with Crippen LogP contribution in [0.5, 0.6) is 5.75 Å². The summed E-state index contributed by atoms with van der Waals surface area (Å²) in [6, 6.07) is 11.5. The number of amides is 1. The number of hydrogen-bond donors (Lipinski definition) is 1. The number of Topliss-reactive ketones (excluding diaryl/α,β-unsaturated/α-hetero) is 1. The summed E-state index contributed by atoms with van der Waals surface area (Å²) in [5.41, 5.74) is 1.17. The van der Waals surface area contributed by atoms with Crippen molar-refractivity contribution in [3.8, 4) is 5.75 Å². The van der Waals surface area contributed by atoms with Gasteiger partial charge in [-0.2, -0.15) is 0 Å². The van der Waals surface area contributed by atoms with Gasteiger partial charge in [0.25, 0.3) is 0 Å². The monoisotopic (exact) mass is 365 g/mol. The number of ketones is 1. The molecular weight excluding hydrogens is 349 g/mol. The molecule has 1 N–H and O–H groups in total. The largest absolute Gasteiger partial charge is 0.485 e. The van der Waals surface area contributed by atoms with Crippen LogP contribution >= 0.6 is 23.2 Å². The first kappa shape index (κ1) is 18.3. The molecule has 0 saturated carbocycles. The van der Waals surface area contributed by atoms with E-state index in [9.17, 15) is 9.59 Å². The molecule has 2 aromatic rings. The normalized spacial score (nSPS) is 10.3. The summed E-state index contributed by atoms with van der Waals surface area (Å²) in [4.78, 5) is 23.7. The van der Waals surface area contributed by atoms with Gasteiger partial charge in [-0.25, -0.2) is 0 Å². The van der Waals surface area contributed by atoms with Crippen molar-refractivity contribution in [3.63, 3.8) is 0 Å². The molecule has 0 aliphatic rings. The van der Waals surface area contributed by atoms with Crippen LogP contribution in [0.1, 0.15) is 30.1 Å². The van der Waals surface area contributed by atoms with Crippen LogP contribution < -0.4 is 10.1 Å². The Morgan fingerprint density at radius 2 is 1.75 bits per heavy atom. The third-order valence-electron chi connectivity index (χ3n) is 3.23. The molecule has 0 saturated heterocycles. The molecule has 24 heavy (non-hydrogen) atoms. The van der Waals surface area contributed by atoms with E-state index in [4.69, 9.17) is 27.9 Å². The molecule has 0 radical (unpaired) electrons. The molecule has 126 valence electrons. The van der Waals surface area contributed by atoms with E-state index < -0.39 is 0 Å². The molecule has 0 aliphatic heterocycles. The number of nitrogens with one attached hydrogen (secondary N) is 1. The standard InChI is InChI=1S/C18H17Cl2NO3/c1-2-3-18(23)21-13-6-4-12(5-7-13)17(22)11-24-14-8-9-15(19)16(20)10-14/h4-10H,2-3,11H2,1H3,(H,21,23). The molecule has 0 spiro atoms. The van der Waals surface area contributed by atoms with Crippen molar-refractivity contribution in [1.29, 1.82) is 0 Å². The second-order valence-corrected chi connectivity index (χ2v) is 5.98. The van der Waals surface area contributed by atoms with Gasteiger partial charge < -0.3 is 10.1 Å². The maximum absolute atomic E-state index is 12.1. The molecule has 2 aromatic carbocycles. The molecule has 4 nitrogen and oxygen atoms in total. The van der Waals surface area contributed by atoms with Crippen molar-refractivity contribution < 1.29 is 14.3 Å². The number of benzene rings is 2. The van der Waals surface area contributed by atoms with Crippen LogP contribution in [-0.4, -0.2) is 18.3 Å². The van der Waals surface area contributed by atoms with Crippen LogP contribution in [-0.2, 0) is 4.79 Å². The number of halogens is 2. The highest BCUT2D eigenvalue weighted by atomic mass is 35.5. The highest BCUT2D eigenvalue weighted by Gasteiger charge is 2.09. The zero-order valence-corrected chi connectivity index (χ0v) is 14.7. The third kappa shape index (κ3) is 5.25. The Hall–Kier alpha value is -2.04. The molecule has 0 atom stereocenters. The summed E-state index contributed by atoms with van der Waals surface area (Å²) in [5, 5.41) is 3.57. The van der Waals surface area contributed by atoms with Crippen molar-refractivity contribution in [3.05, 3.63) is 58.1 Å². The van der Waals surface area contributed by atoms with Gasteiger partial charge in [0.1, 0.15) is 5.75 Å². The van der Waals surface area contributed by atoms with Gasteiger partial charge in [0.05, 0.1) is 10.0 Å². The Morgan fingerprint density at radius 1 is 1.04 bits per heavy atom. The first-order valence-electron chi connectivity index (χ1n) is 7.50. The van der Waals surface area contributed by atoms with E-state index >= 15 is 0 Å². The zero-order chi connectivity index (χ0) is 17.5. The number of ether oxygens (including phenoxy) is 1. The fourth-order valence-electron chi connectivity index (χ4n) is 1.99. The van der Waals surface area contributed by atoms with Crippen LogP contribution in [0, 0.1) is 0 Å². The molecule has 2 rings (SSSR count). The molecule has 0 aromatic heterocycles. The van der Waals surface area contributed by atoms with Crippen molar-refractivity contribution in [1.82, 2.24) is 0 Å². The van der Waals surface area contributed by atoms with Gasteiger partial charge in [0, 0.05) is 23.7 Å². The van der Waals surface area contributed by atoms with Crippen molar-refractivity contribution in [2.45, 2.75) is 19.8 Å². The Kier molecular flexibility index (Phi) is 6.64. The van der Waals surface area contributed by atoms with Crippen LogP contribution in [0.4, 0.5) is 5.69 Å². The lowest BCUT2D eigenvalue weighted by Gasteiger charge is -2.08. The summed E-state index contributed by atoms with van der Waals surface area (Å²) >= 11 is 11.7. The van der Waals surface area contributed by atoms with E-state index in [1.807, 2.05) is 6.92 Å². The minimum absolute atomic E-state index is 0.0421. The number of anilines is 1. The van der Waals surface area contributed by atoms with Crippen molar-refractivity contribution in [2.75, 3.05) is 11.9 Å². The fourth-order valence-corrected chi connectivity index (χ4v) is 2.28. The molecular formula is C18H17Cl2NO3. The molecule has 0 fully saturated rings. The van der Waals surface area contributed by atoms with Gasteiger partial charge >= 0.3 is 0 Å². The van der Waals surface area contributed by atoms with E-state index in [1.165, 1.54) is 0 Å². The SMILES string of the molecule is CCCC(=O)Nc1ccc(C(=O)COc2ccc(Cl)c(Cl)c2)cc1. The Labute approximate surface area is 150 Å². The average Bonchev–Trinajstić information content (AvgIpc) is 2.56. The van der Waals surface area contributed by atoms with Crippen LogP contribution in [0.2, 0.25) is 10.0 Å². The lowest BCUT2D eigenvalue weighted by molar-refractivity contribution is -0.116. The predicted molar refractivity (Wildman–Crippen MR) is 96.3 cm³/mol. The molecule has 1 amide bonds. The summed E-state index contributed by atoms with van der Waals surface area (Å²) in [6.45, 7) is 1.83. The summed E-state index contributed by atoms with van der Waals surface area (Å²) in [5.74, 6) is 0.258. The number of hydrogen-bond acceptors (Lipinski definition) is 3. The first-order valence-corrected chi connectivity index (χ1v) is 8.26. The van der Waals surface area contributed by atoms with Gasteiger partial charge in [-0.15, -0.1) is 0 Å². The van der Waals surface area contributed by atoms with Crippen molar-refractivity contribution in [2.24, 2.45) is 0 Å². The van der Waals surface area contributed by atoms with Crippen LogP contribution in [0.3, 0.4) is 0 Å². The molecule has 6 heteroatoms.